The monoisotopic (exact) mass is 222 g/mol. The van der Waals surface area contributed by atoms with E-state index in [2.05, 4.69) is 39.1 Å². The van der Waals surface area contributed by atoms with Crippen molar-refractivity contribution in [3.63, 3.8) is 0 Å². The van der Waals surface area contributed by atoms with Gasteiger partial charge in [0.1, 0.15) is 0 Å². The van der Waals surface area contributed by atoms with E-state index in [1.165, 1.54) is 19.3 Å². The van der Waals surface area contributed by atoms with E-state index in [9.17, 15) is 0 Å². The summed E-state index contributed by atoms with van der Waals surface area (Å²) in [6.07, 6.45) is 3.76. The van der Waals surface area contributed by atoms with Crippen LogP contribution >= 0.6 is 0 Å². The summed E-state index contributed by atoms with van der Waals surface area (Å²) in [6, 6.07) is 2.86. The SMILES string of the molecule is CC(C#N)CNC1CC(C)(C)CC(C)(C)C1. The molecule has 0 saturated heterocycles. The van der Waals surface area contributed by atoms with Crippen molar-refractivity contribution in [3.8, 4) is 6.07 Å². The van der Waals surface area contributed by atoms with Crippen molar-refractivity contribution in [2.24, 2.45) is 16.7 Å². The first-order valence-corrected chi connectivity index (χ1v) is 6.37. The van der Waals surface area contributed by atoms with Crippen LogP contribution in [0.15, 0.2) is 0 Å². The zero-order chi connectivity index (χ0) is 12.4. The number of nitriles is 1. The second-order valence-electron chi connectivity index (χ2n) is 7.05. The van der Waals surface area contributed by atoms with Gasteiger partial charge in [-0.2, -0.15) is 5.26 Å². The van der Waals surface area contributed by atoms with E-state index in [1.54, 1.807) is 0 Å². The highest BCUT2D eigenvalue weighted by Gasteiger charge is 2.38. The molecular formula is C14H26N2. The molecule has 0 spiro atoms. The maximum atomic E-state index is 8.78. The summed E-state index contributed by atoms with van der Waals surface area (Å²) in [6.45, 7) is 12.2. The second-order valence-corrected chi connectivity index (χ2v) is 7.05. The summed E-state index contributed by atoms with van der Waals surface area (Å²) >= 11 is 0. The van der Waals surface area contributed by atoms with Gasteiger partial charge in [-0.1, -0.05) is 27.7 Å². The van der Waals surface area contributed by atoms with Crippen molar-refractivity contribution in [1.29, 1.82) is 5.26 Å². The Labute approximate surface area is 100 Å². The molecule has 0 amide bonds. The largest absolute Gasteiger partial charge is 0.313 e. The molecule has 92 valence electrons. The Kier molecular flexibility index (Phi) is 4.02. The van der Waals surface area contributed by atoms with Crippen LogP contribution in [-0.4, -0.2) is 12.6 Å². The van der Waals surface area contributed by atoms with Crippen LogP contribution in [0, 0.1) is 28.1 Å². The molecule has 1 unspecified atom stereocenters. The van der Waals surface area contributed by atoms with Gasteiger partial charge in [-0.05, 0) is 37.0 Å². The van der Waals surface area contributed by atoms with E-state index < -0.39 is 0 Å². The minimum absolute atomic E-state index is 0.119. The molecule has 2 heteroatoms. The Balaban J connectivity index is 2.52. The van der Waals surface area contributed by atoms with E-state index in [0.29, 0.717) is 16.9 Å². The van der Waals surface area contributed by atoms with E-state index in [4.69, 9.17) is 5.26 Å². The maximum absolute atomic E-state index is 8.78. The van der Waals surface area contributed by atoms with Crippen molar-refractivity contribution in [2.75, 3.05) is 6.54 Å². The first-order chi connectivity index (χ1) is 7.24. The molecule has 0 heterocycles. The number of nitrogens with zero attached hydrogens (tertiary/aromatic N) is 1. The van der Waals surface area contributed by atoms with Gasteiger partial charge in [-0.25, -0.2) is 0 Å². The number of hydrogen-bond donors (Lipinski definition) is 1. The molecule has 1 saturated carbocycles. The molecule has 1 atom stereocenters. The zero-order valence-electron chi connectivity index (χ0n) is 11.4. The van der Waals surface area contributed by atoms with Crippen molar-refractivity contribution in [1.82, 2.24) is 5.32 Å². The van der Waals surface area contributed by atoms with Gasteiger partial charge in [0.05, 0.1) is 12.0 Å². The first-order valence-electron chi connectivity index (χ1n) is 6.37. The molecule has 16 heavy (non-hydrogen) atoms. The van der Waals surface area contributed by atoms with E-state index in [0.717, 1.165) is 6.54 Å². The van der Waals surface area contributed by atoms with E-state index >= 15 is 0 Å². The van der Waals surface area contributed by atoms with Crippen LogP contribution in [0.25, 0.3) is 0 Å². The van der Waals surface area contributed by atoms with Crippen LogP contribution in [0.4, 0.5) is 0 Å². The Morgan fingerprint density at radius 2 is 1.75 bits per heavy atom. The van der Waals surface area contributed by atoms with E-state index in [1.807, 2.05) is 6.92 Å². The van der Waals surface area contributed by atoms with Crippen LogP contribution in [0.2, 0.25) is 0 Å². The summed E-state index contributed by atoms with van der Waals surface area (Å²) in [5.41, 5.74) is 0.852. The molecule has 0 radical (unpaired) electrons. The van der Waals surface area contributed by atoms with Gasteiger partial charge in [0.25, 0.3) is 0 Å². The predicted molar refractivity (Wildman–Crippen MR) is 68.0 cm³/mol. The van der Waals surface area contributed by atoms with Gasteiger partial charge < -0.3 is 5.32 Å². The third kappa shape index (κ3) is 4.14. The van der Waals surface area contributed by atoms with Crippen LogP contribution in [0.1, 0.15) is 53.9 Å². The van der Waals surface area contributed by atoms with Crippen LogP contribution in [0.3, 0.4) is 0 Å². The number of rotatable bonds is 3. The molecule has 0 bridgehead atoms. The third-order valence-electron chi connectivity index (χ3n) is 3.49. The molecule has 1 rings (SSSR count). The fraction of sp³-hybridized carbons (Fsp3) is 0.929. The number of hydrogen-bond acceptors (Lipinski definition) is 2. The Morgan fingerprint density at radius 3 is 2.19 bits per heavy atom. The topological polar surface area (TPSA) is 35.8 Å². The Hall–Kier alpha value is -0.550. The Morgan fingerprint density at radius 1 is 1.25 bits per heavy atom. The summed E-state index contributed by atoms with van der Waals surface area (Å²) in [5.74, 6) is 0.119. The predicted octanol–water partition coefficient (Wildman–Crippen LogP) is 3.34. The molecule has 0 aromatic heterocycles. The lowest BCUT2D eigenvalue weighted by Gasteiger charge is -2.45. The fourth-order valence-corrected chi connectivity index (χ4v) is 3.38. The lowest BCUT2D eigenvalue weighted by molar-refractivity contribution is 0.0845. The smallest absolute Gasteiger partial charge is 0.0666 e. The highest BCUT2D eigenvalue weighted by molar-refractivity contribution is 4.93. The van der Waals surface area contributed by atoms with Crippen molar-refractivity contribution >= 4 is 0 Å². The molecule has 1 aliphatic carbocycles. The zero-order valence-corrected chi connectivity index (χ0v) is 11.4. The van der Waals surface area contributed by atoms with Gasteiger partial charge in [-0.15, -0.1) is 0 Å². The van der Waals surface area contributed by atoms with Crippen molar-refractivity contribution in [2.45, 2.75) is 59.9 Å². The summed E-state index contributed by atoms with van der Waals surface area (Å²) in [5, 5.41) is 12.3. The molecule has 1 aliphatic rings. The van der Waals surface area contributed by atoms with Gasteiger partial charge in [0.2, 0.25) is 0 Å². The minimum atomic E-state index is 0.119. The molecular weight excluding hydrogens is 196 g/mol. The van der Waals surface area contributed by atoms with Crippen LogP contribution in [0.5, 0.6) is 0 Å². The normalized spacial score (nSPS) is 26.0. The minimum Gasteiger partial charge on any atom is -0.313 e. The standard InChI is InChI=1S/C14H26N2/c1-11(8-15)9-16-12-6-13(2,3)10-14(4,5)7-12/h11-12,16H,6-7,9-10H2,1-5H3. The quantitative estimate of drug-likeness (QED) is 0.795. The van der Waals surface area contributed by atoms with Gasteiger partial charge >= 0.3 is 0 Å². The highest BCUT2D eigenvalue weighted by Crippen LogP contribution is 2.45. The molecule has 1 fully saturated rings. The third-order valence-corrected chi connectivity index (χ3v) is 3.49. The lowest BCUT2D eigenvalue weighted by atomic mass is 9.63. The van der Waals surface area contributed by atoms with Gasteiger partial charge in [-0.3, -0.25) is 0 Å². The summed E-state index contributed by atoms with van der Waals surface area (Å²) in [4.78, 5) is 0. The highest BCUT2D eigenvalue weighted by atomic mass is 14.9. The molecule has 0 aromatic carbocycles. The van der Waals surface area contributed by atoms with Gasteiger partial charge in [0, 0.05) is 12.6 Å². The molecule has 1 N–H and O–H groups in total. The van der Waals surface area contributed by atoms with Crippen molar-refractivity contribution in [3.05, 3.63) is 0 Å². The molecule has 0 aliphatic heterocycles. The Bertz CT molecular complexity index is 257. The second kappa shape index (κ2) is 4.75. The number of nitrogens with one attached hydrogen (secondary N) is 1. The molecule has 2 nitrogen and oxygen atoms in total. The first kappa shape index (κ1) is 13.5. The average molecular weight is 222 g/mol. The lowest BCUT2D eigenvalue weighted by Crippen LogP contribution is -2.44. The van der Waals surface area contributed by atoms with Crippen LogP contribution in [-0.2, 0) is 0 Å². The summed E-state index contributed by atoms with van der Waals surface area (Å²) < 4.78 is 0. The molecule has 0 aromatic rings. The average Bonchev–Trinajstić information content (AvgIpc) is 2.09. The summed E-state index contributed by atoms with van der Waals surface area (Å²) in [7, 11) is 0. The van der Waals surface area contributed by atoms with Crippen LogP contribution < -0.4 is 5.32 Å². The van der Waals surface area contributed by atoms with Gasteiger partial charge in [0.15, 0.2) is 0 Å². The van der Waals surface area contributed by atoms with E-state index in [-0.39, 0.29) is 5.92 Å². The fourth-order valence-electron chi connectivity index (χ4n) is 3.38. The maximum Gasteiger partial charge on any atom is 0.0666 e. The van der Waals surface area contributed by atoms with Crippen molar-refractivity contribution < 1.29 is 0 Å².